The molecule has 8 heteroatoms. The van der Waals surface area contributed by atoms with Crippen LogP contribution in [-0.2, 0) is 4.74 Å². The maximum atomic E-state index is 12.2. The van der Waals surface area contributed by atoms with Crippen molar-refractivity contribution in [2.75, 3.05) is 11.9 Å². The van der Waals surface area contributed by atoms with Gasteiger partial charge in [0.2, 0.25) is 0 Å². The second-order valence-electron chi connectivity index (χ2n) is 5.97. The monoisotopic (exact) mass is 398 g/mol. The summed E-state index contributed by atoms with van der Waals surface area (Å²) in [6.07, 6.45) is -0.718. The molecule has 27 heavy (non-hydrogen) atoms. The molecule has 1 heterocycles. The third-order valence-corrected chi connectivity index (χ3v) is 5.57. The highest BCUT2D eigenvalue weighted by Gasteiger charge is 2.29. The molecule has 0 bridgehead atoms. The van der Waals surface area contributed by atoms with Crippen molar-refractivity contribution >= 4 is 40.6 Å². The molecule has 136 valence electrons. The van der Waals surface area contributed by atoms with Crippen molar-refractivity contribution in [2.45, 2.75) is 5.92 Å². The first-order chi connectivity index (χ1) is 13.0. The van der Waals surface area contributed by atoms with Crippen LogP contribution in [0.3, 0.4) is 0 Å². The molecule has 0 fully saturated rings. The molecule has 1 aliphatic rings. The number of ether oxygens (including phenoxy) is 1. The molecular formula is C19H14N2O4S2. The van der Waals surface area contributed by atoms with E-state index in [-0.39, 0.29) is 27.2 Å². The Balaban J connectivity index is 1.52. The first-order valence-electron chi connectivity index (χ1n) is 8.13. The fraction of sp³-hybridized carbons (Fsp3) is 0.105. The second kappa shape index (κ2) is 6.98. The third-order valence-electron chi connectivity index (χ3n) is 4.42. The Kier molecular flexibility index (Phi) is 4.51. The van der Waals surface area contributed by atoms with Gasteiger partial charge in [-0.2, -0.15) is 0 Å². The standard InChI is InChI=1S/C19H14N2O4S2/c22-17(23)15-16(27-19(26)20-15)21-18(24)25-9-14-12-7-3-1-5-10(12)11-6-2-4-8-13(11)14/h1-8,14H,9H2,(H,20,26)(H,21,24)(H,22,23). The molecule has 2 aromatic carbocycles. The smallest absolute Gasteiger partial charge is 0.412 e. The number of H-pyrrole nitrogens is 1. The van der Waals surface area contributed by atoms with Gasteiger partial charge in [0.05, 0.1) is 0 Å². The zero-order valence-electron chi connectivity index (χ0n) is 13.9. The molecule has 1 aliphatic carbocycles. The number of carboxylic acid groups (broad SMARTS) is 1. The lowest BCUT2D eigenvalue weighted by atomic mass is 9.98. The van der Waals surface area contributed by atoms with Crippen LogP contribution in [0.5, 0.6) is 0 Å². The molecule has 0 atom stereocenters. The van der Waals surface area contributed by atoms with Crippen LogP contribution in [0, 0.1) is 3.95 Å². The van der Waals surface area contributed by atoms with E-state index in [0.717, 1.165) is 33.6 Å². The number of carboxylic acids is 1. The normalized spacial score (nSPS) is 12.3. The van der Waals surface area contributed by atoms with Gasteiger partial charge in [-0.05, 0) is 34.5 Å². The van der Waals surface area contributed by atoms with Gasteiger partial charge in [0.25, 0.3) is 0 Å². The SMILES string of the molecule is O=C(Nc1sc(=S)[nH]c1C(=O)O)OCC1c2ccccc2-c2ccccc21. The molecule has 1 amide bonds. The van der Waals surface area contributed by atoms with E-state index in [1.807, 2.05) is 36.4 Å². The van der Waals surface area contributed by atoms with Gasteiger partial charge in [-0.1, -0.05) is 59.9 Å². The van der Waals surface area contributed by atoms with Crippen LogP contribution in [0.2, 0.25) is 0 Å². The summed E-state index contributed by atoms with van der Waals surface area (Å²) in [7, 11) is 0. The lowest BCUT2D eigenvalue weighted by Gasteiger charge is -2.14. The van der Waals surface area contributed by atoms with Gasteiger partial charge < -0.3 is 14.8 Å². The van der Waals surface area contributed by atoms with Crippen molar-refractivity contribution < 1.29 is 19.4 Å². The number of hydrogen-bond acceptors (Lipinski definition) is 5. The quantitative estimate of drug-likeness (QED) is 0.546. The van der Waals surface area contributed by atoms with Crippen LogP contribution in [0.4, 0.5) is 9.80 Å². The van der Waals surface area contributed by atoms with E-state index in [1.54, 1.807) is 0 Å². The second-order valence-corrected chi connectivity index (χ2v) is 7.66. The molecule has 0 radical (unpaired) electrons. The molecule has 1 aromatic heterocycles. The number of aromatic amines is 1. The summed E-state index contributed by atoms with van der Waals surface area (Å²) in [4.78, 5) is 25.9. The Bertz CT molecular complexity index is 1060. The van der Waals surface area contributed by atoms with Crippen LogP contribution < -0.4 is 5.32 Å². The van der Waals surface area contributed by atoms with Crippen molar-refractivity contribution in [2.24, 2.45) is 0 Å². The maximum Gasteiger partial charge on any atom is 0.412 e. The fourth-order valence-corrected chi connectivity index (χ4v) is 4.36. The highest BCUT2D eigenvalue weighted by molar-refractivity contribution is 7.73. The Morgan fingerprint density at radius 1 is 1.11 bits per heavy atom. The third kappa shape index (κ3) is 3.24. The van der Waals surface area contributed by atoms with E-state index in [1.165, 1.54) is 0 Å². The summed E-state index contributed by atoms with van der Waals surface area (Å²) in [6.45, 7) is 0.151. The Labute approximate surface area is 163 Å². The zero-order valence-corrected chi connectivity index (χ0v) is 15.5. The highest BCUT2D eigenvalue weighted by Crippen LogP contribution is 2.44. The summed E-state index contributed by atoms with van der Waals surface area (Å²) in [5.41, 5.74) is 4.33. The number of fused-ring (bicyclic) bond motifs is 3. The summed E-state index contributed by atoms with van der Waals surface area (Å²) in [5.74, 6) is -1.26. The number of carbonyl (C=O) groups excluding carboxylic acids is 1. The molecule has 0 saturated heterocycles. The minimum absolute atomic E-state index is 0.0634. The molecular weight excluding hydrogens is 384 g/mol. The molecule has 4 rings (SSSR count). The van der Waals surface area contributed by atoms with Crippen LogP contribution >= 0.6 is 23.6 Å². The average molecular weight is 398 g/mol. The predicted octanol–water partition coefficient (Wildman–Crippen LogP) is 4.86. The van der Waals surface area contributed by atoms with Gasteiger partial charge in [-0.15, -0.1) is 0 Å². The summed E-state index contributed by atoms with van der Waals surface area (Å²) in [6, 6.07) is 16.1. The van der Waals surface area contributed by atoms with Gasteiger partial charge in [-0.3, -0.25) is 5.32 Å². The number of nitrogens with one attached hydrogen (secondary N) is 2. The summed E-state index contributed by atoms with van der Waals surface area (Å²) >= 11 is 5.91. The van der Waals surface area contributed by atoms with Crippen LogP contribution in [0.25, 0.3) is 11.1 Å². The van der Waals surface area contributed by atoms with Crippen molar-refractivity contribution in [3.8, 4) is 11.1 Å². The van der Waals surface area contributed by atoms with E-state index < -0.39 is 12.1 Å². The van der Waals surface area contributed by atoms with Crippen molar-refractivity contribution in [1.82, 2.24) is 4.98 Å². The molecule has 0 spiro atoms. The molecule has 0 aliphatic heterocycles. The lowest BCUT2D eigenvalue weighted by molar-refractivity contribution is 0.0692. The molecule has 0 unspecified atom stereocenters. The largest absolute Gasteiger partial charge is 0.476 e. The summed E-state index contributed by atoms with van der Waals surface area (Å²) < 4.78 is 5.67. The number of thiazole rings is 1. The number of amides is 1. The topological polar surface area (TPSA) is 91.4 Å². The van der Waals surface area contributed by atoms with Gasteiger partial charge in [0.15, 0.2) is 9.65 Å². The van der Waals surface area contributed by atoms with E-state index in [2.05, 4.69) is 22.4 Å². The van der Waals surface area contributed by atoms with E-state index in [0.29, 0.717) is 0 Å². The number of carbonyl (C=O) groups is 2. The zero-order chi connectivity index (χ0) is 19.0. The van der Waals surface area contributed by atoms with Crippen molar-refractivity contribution in [3.05, 3.63) is 69.3 Å². The minimum Gasteiger partial charge on any atom is -0.476 e. The van der Waals surface area contributed by atoms with Crippen LogP contribution in [0.1, 0.15) is 27.5 Å². The Morgan fingerprint density at radius 2 is 1.70 bits per heavy atom. The maximum absolute atomic E-state index is 12.2. The Hall–Kier alpha value is -2.97. The van der Waals surface area contributed by atoms with E-state index >= 15 is 0 Å². The van der Waals surface area contributed by atoms with Gasteiger partial charge in [0, 0.05) is 5.92 Å². The number of benzene rings is 2. The van der Waals surface area contributed by atoms with Crippen LogP contribution in [-0.4, -0.2) is 28.8 Å². The fourth-order valence-electron chi connectivity index (χ4n) is 3.29. The minimum atomic E-state index is -1.20. The van der Waals surface area contributed by atoms with Gasteiger partial charge in [0.1, 0.15) is 11.6 Å². The number of aromatic nitrogens is 1. The van der Waals surface area contributed by atoms with Crippen LogP contribution in [0.15, 0.2) is 48.5 Å². The van der Waals surface area contributed by atoms with Gasteiger partial charge in [-0.25, -0.2) is 9.59 Å². The molecule has 3 N–H and O–H groups in total. The molecule has 6 nitrogen and oxygen atoms in total. The van der Waals surface area contributed by atoms with Crippen molar-refractivity contribution in [1.29, 1.82) is 0 Å². The predicted molar refractivity (Wildman–Crippen MR) is 105 cm³/mol. The molecule has 0 saturated carbocycles. The van der Waals surface area contributed by atoms with Gasteiger partial charge >= 0.3 is 12.1 Å². The first-order valence-corrected chi connectivity index (χ1v) is 9.35. The van der Waals surface area contributed by atoms with E-state index in [4.69, 9.17) is 22.1 Å². The average Bonchev–Trinajstić information content (AvgIpc) is 3.18. The number of anilines is 1. The lowest BCUT2D eigenvalue weighted by Crippen LogP contribution is -2.18. The number of rotatable bonds is 4. The summed E-state index contributed by atoms with van der Waals surface area (Å²) in [5, 5.41) is 11.7. The highest BCUT2D eigenvalue weighted by atomic mass is 32.1. The number of aromatic carboxylic acids is 1. The number of hydrogen-bond donors (Lipinski definition) is 3. The Morgan fingerprint density at radius 3 is 2.30 bits per heavy atom. The van der Waals surface area contributed by atoms with Crippen molar-refractivity contribution in [3.63, 3.8) is 0 Å². The van der Waals surface area contributed by atoms with E-state index in [9.17, 15) is 9.59 Å². The molecule has 3 aromatic rings. The first kappa shape index (κ1) is 17.4.